The van der Waals surface area contributed by atoms with Gasteiger partial charge in [0.15, 0.2) is 0 Å². The van der Waals surface area contributed by atoms with E-state index in [0.717, 1.165) is 12.0 Å². The van der Waals surface area contributed by atoms with E-state index < -0.39 is 6.04 Å². The number of nitrogens with zero attached hydrogens (tertiary/aromatic N) is 1. The molecule has 0 bridgehead atoms. The lowest BCUT2D eigenvalue weighted by molar-refractivity contribution is -0.139. The van der Waals surface area contributed by atoms with Crippen molar-refractivity contribution in [3.63, 3.8) is 0 Å². The van der Waals surface area contributed by atoms with Crippen LogP contribution in [-0.2, 0) is 21.9 Å². The summed E-state index contributed by atoms with van der Waals surface area (Å²) < 4.78 is 13.1. The van der Waals surface area contributed by atoms with Crippen LogP contribution in [0.15, 0.2) is 42.5 Å². The van der Waals surface area contributed by atoms with Crippen molar-refractivity contribution in [2.24, 2.45) is 0 Å². The second-order valence-electron chi connectivity index (χ2n) is 7.58. The molecule has 2 rings (SSSR count). The largest absolute Gasteiger partial charge is 0.352 e. The fourth-order valence-electron chi connectivity index (χ4n) is 3.13. The fraction of sp³-hybridized carbons (Fsp3) is 0.417. The van der Waals surface area contributed by atoms with Gasteiger partial charge in [0.05, 0.1) is 5.75 Å². The molecule has 0 aliphatic rings. The Morgan fingerprint density at radius 2 is 1.69 bits per heavy atom. The van der Waals surface area contributed by atoms with Gasteiger partial charge in [-0.3, -0.25) is 9.59 Å². The predicted octanol–water partition coefficient (Wildman–Crippen LogP) is 6.09. The second-order valence-corrected chi connectivity index (χ2v) is 9.38. The molecule has 0 aliphatic heterocycles. The summed E-state index contributed by atoms with van der Waals surface area (Å²) >= 11 is 14.1. The van der Waals surface area contributed by atoms with Crippen LogP contribution < -0.4 is 5.32 Å². The van der Waals surface area contributed by atoms with Gasteiger partial charge in [0, 0.05) is 33.9 Å². The van der Waals surface area contributed by atoms with E-state index in [2.05, 4.69) is 5.32 Å². The monoisotopic (exact) mass is 498 g/mol. The molecule has 0 spiro atoms. The highest BCUT2D eigenvalue weighted by atomic mass is 35.5. The van der Waals surface area contributed by atoms with Crippen LogP contribution in [0, 0.1) is 5.82 Å². The number of hydrogen-bond donors (Lipinski definition) is 1. The number of halogens is 3. The number of benzene rings is 2. The lowest BCUT2D eigenvalue weighted by Gasteiger charge is -2.32. The first-order valence-corrected chi connectivity index (χ1v) is 12.5. The minimum atomic E-state index is -0.643. The summed E-state index contributed by atoms with van der Waals surface area (Å²) in [5.41, 5.74) is 1.54. The van der Waals surface area contributed by atoms with E-state index in [-0.39, 0.29) is 36.0 Å². The van der Waals surface area contributed by atoms with Crippen molar-refractivity contribution in [3.05, 3.63) is 69.5 Å². The summed E-state index contributed by atoms with van der Waals surface area (Å²) in [5.74, 6) is 0.0617. The van der Waals surface area contributed by atoms with Crippen molar-refractivity contribution in [3.8, 4) is 0 Å². The van der Waals surface area contributed by atoms with Crippen molar-refractivity contribution in [1.82, 2.24) is 10.2 Å². The van der Waals surface area contributed by atoms with Gasteiger partial charge in [-0.1, -0.05) is 55.2 Å². The third-order valence-electron chi connectivity index (χ3n) is 5.18. The molecule has 8 heteroatoms. The Balaban J connectivity index is 2.20. The van der Waals surface area contributed by atoms with Gasteiger partial charge in [0.1, 0.15) is 11.9 Å². The second kappa shape index (κ2) is 13.1. The zero-order valence-electron chi connectivity index (χ0n) is 18.5. The normalized spacial score (nSPS) is 12.8. The van der Waals surface area contributed by atoms with Crippen molar-refractivity contribution >= 4 is 46.8 Å². The molecular formula is C24H29Cl2FN2O2S. The maximum Gasteiger partial charge on any atom is 0.243 e. The highest BCUT2D eigenvalue weighted by Gasteiger charge is 2.30. The number of hydrogen-bond acceptors (Lipinski definition) is 3. The standard InChI is InChI=1S/C24H29Cl2FN2O2S/c1-4-16(3)28-24(31)22(5-2)29(13-19-20(25)7-6-8-21(19)26)23(30)15-32-14-17-9-11-18(27)12-10-17/h6-12,16,22H,4-5,13-15H2,1-3H3,(H,28,31)/t16-,22-/m0/s1. The molecular weight excluding hydrogens is 470 g/mol. The first kappa shape index (κ1) is 26.5. The molecule has 0 aliphatic carbocycles. The quantitative estimate of drug-likeness (QED) is 0.407. The average molecular weight is 499 g/mol. The van der Waals surface area contributed by atoms with E-state index in [9.17, 15) is 14.0 Å². The number of carbonyl (C=O) groups is 2. The van der Waals surface area contributed by atoms with Gasteiger partial charge in [-0.2, -0.15) is 0 Å². The van der Waals surface area contributed by atoms with Gasteiger partial charge < -0.3 is 10.2 Å². The van der Waals surface area contributed by atoms with Gasteiger partial charge in [-0.05, 0) is 49.6 Å². The van der Waals surface area contributed by atoms with Crippen LogP contribution in [0.25, 0.3) is 0 Å². The molecule has 0 saturated carbocycles. The van der Waals surface area contributed by atoms with Crippen molar-refractivity contribution in [1.29, 1.82) is 0 Å². The van der Waals surface area contributed by atoms with E-state index in [0.29, 0.717) is 27.8 Å². The molecule has 0 unspecified atom stereocenters. The van der Waals surface area contributed by atoms with Crippen LogP contribution in [0.2, 0.25) is 10.0 Å². The molecule has 2 atom stereocenters. The van der Waals surface area contributed by atoms with Crippen LogP contribution in [0.3, 0.4) is 0 Å². The number of thioether (sulfide) groups is 1. The van der Waals surface area contributed by atoms with Gasteiger partial charge in [0.2, 0.25) is 11.8 Å². The smallest absolute Gasteiger partial charge is 0.243 e. The van der Waals surface area contributed by atoms with Crippen molar-refractivity contribution in [2.75, 3.05) is 5.75 Å². The Morgan fingerprint density at radius 3 is 2.25 bits per heavy atom. The summed E-state index contributed by atoms with van der Waals surface area (Å²) in [6, 6.07) is 10.7. The average Bonchev–Trinajstić information content (AvgIpc) is 2.76. The molecule has 2 aromatic rings. The maximum atomic E-state index is 13.3. The van der Waals surface area contributed by atoms with Crippen LogP contribution in [-0.4, -0.2) is 34.6 Å². The summed E-state index contributed by atoms with van der Waals surface area (Å²) in [6.45, 7) is 5.94. The Bertz CT molecular complexity index is 891. The number of nitrogens with one attached hydrogen (secondary N) is 1. The van der Waals surface area contributed by atoms with Crippen LogP contribution in [0.5, 0.6) is 0 Å². The molecule has 0 aromatic heterocycles. The van der Waals surface area contributed by atoms with E-state index in [1.807, 2.05) is 20.8 Å². The molecule has 1 N–H and O–H groups in total. The molecule has 0 saturated heterocycles. The summed E-state index contributed by atoms with van der Waals surface area (Å²) in [5, 5.41) is 3.88. The van der Waals surface area contributed by atoms with E-state index >= 15 is 0 Å². The van der Waals surface area contributed by atoms with Gasteiger partial charge in [-0.25, -0.2) is 4.39 Å². The van der Waals surface area contributed by atoms with Crippen LogP contribution in [0.1, 0.15) is 44.7 Å². The minimum Gasteiger partial charge on any atom is -0.352 e. The Hall–Kier alpha value is -1.76. The topological polar surface area (TPSA) is 49.4 Å². The number of rotatable bonds is 11. The third kappa shape index (κ3) is 7.68. The van der Waals surface area contributed by atoms with Gasteiger partial charge in [0.25, 0.3) is 0 Å². The van der Waals surface area contributed by atoms with Crippen LogP contribution >= 0.6 is 35.0 Å². The fourth-order valence-corrected chi connectivity index (χ4v) is 4.52. The highest BCUT2D eigenvalue weighted by molar-refractivity contribution is 7.99. The minimum absolute atomic E-state index is 0.00487. The molecule has 174 valence electrons. The molecule has 32 heavy (non-hydrogen) atoms. The third-order valence-corrected chi connectivity index (χ3v) is 6.88. The molecule has 0 fully saturated rings. The van der Waals surface area contributed by atoms with Crippen LogP contribution in [0.4, 0.5) is 4.39 Å². The highest BCUT2D eigenvalue weighted by Crippen LogP contribution is 2.27. The number of carbonyl (C=O) groups excluding carboxylic acids is 2. The number of amides is 2. The molecule has 0 heterocycles. The maximum absolute atomic E-state index is 13.3. The van der Waals surface area contributed by atoms with Gasteiger partial charge >= 0.3 is 0 Å². The Morgan fingerprint density at radius 1 is 1.06 bits per heavy atom. The summed E-state index contributed by atoms with van der Waals surface area (Å²) in [7, 11) is 0. The van der Waals surface area contributed by atoms with E-state index in [4.69, 9.17) is 23.2 Å². The molecule has 0 radical (unpaired) electrons. The Kier molecular flexibility index (Phi) is 10.8. The summed E-state index contributed by atoms with van der Waals surface area (Å²) in [6.07, 6.45) is 1.25. The lowest BCUT2D eigenvalue weighted by Crippen LogP contribution is -2.51. The first-order chi connectivity index (χ1) is 15.3. The SMILES string of the molecule is CC[C@H](C)NC(=O)[C@H](CC)N(Cc1c(Cl)cccc1Cl)C(=O)CSCc1ccc(F)cc1. The zero-order valence-corrected chi connectivity index (χ0v) is 20.9. The molecule has 2 aromatic carbocycles. The van der Waals surface area contributed by atoms with E-state index in [1.165, 1.54) is 23.9 Å². The molecule has 2 amide bonds. The van der Waals surface area contributed by atoms with Crippen molar-refractivity contribution in [2.45, 2.75) is 58.0 Å². The predicted molar refractivity (Wildman–Crippen MR) is 132 cm³/mol. The first-order valence-electron chi connectivity index (χ1n) is 10.6. The lowest BCUT2D eigenvalue weighted by atomic mass is 10.1. The molecule has 4 nitrogen and oxygen atoms in total. The Labute approximate surface area is 203 Å². The van der Waals surface area contributed by atoms with Crippen molar-refractivity contribution < 1.29 is 14.0 Å². The summed E-state index contributed by atoms with van der Waals surface area (Å²) in [4.78, 5) is 27.8. The van der Waals surface area contributed by atoms with Gasteiger partial charge in [-0.15, -0.1) is 11.8 Å². The zero-order chi connectivity index (χ0) is 23.7. The van der Waals surface area contributed by atoms with E-state index in [1.54, 1.807) is 35.2 Å².